The summed E-state index contributed by atoms with van der Waals surface area (Å²) in [6, 6.07) is 4.45. The number of hydrogen-bond donors (Lipinski definition) is 0. The highest BCUT2D eigenvalue weighted by Gasteiger charge is 2.26. The predicted molar refractivity (Wildman–Crippen MR) is 65.1 cm³/mol. The van der Waals surface area contributed by atoms with Crippen molar-refractivity contribution in [2.75, 3.05) is 11.9 Å². The minimum atomic E-state index is -1.68. The Bertz CT molecular complexity index is 593. The maximum Gasteiger partial charge on any atom is 0.253 e. The van der Waals surface area contributed by atoms with Crippen molar-refractivity contribution in [3.8, 4) is 0 Å². The van der Waals surface area contributed by atoms with Crippen LogP contribution in [0.2, 0.25) is 0 Å². The molecule has 1 atom stereocenters. The SMILES string of the molecule is CC(c1ccccn1)N(C)c1c(F)c(F)nc(F)c1F. The molecule has 106 valence electrons. The maximum absolute atomic E-state index is 13.7. The van der Waals surface area contributed by atoms with Gasteiger partial charge in [-0.2, -0.15) is 22.5 Å². The van der Waals surface area contributed by atoms with E-state index in [1.807, 2.05) is 0 Å². The Kier molecular flexibility index (Phi) is 3.87. The fourth-order valence-corrected chi connectivity index (χ4v) is 1.80. The Morgan fingerprint density at radius 3 is 2.15 bits per heavy atom. The van der Waals surface area contributed by atoms with Crippen molar-refractivity contribution in [1.29, 1.82) is 0 Å². The highest BCUT2D eigenvalue weighted by atomic mass is 19.2. The fourth-order valence-electron chi connectivity index (χ4n) is 1.80. The zero-order chi connectivity index (χ0) is 14.9. The third kappa shape index (κ3) is 2.43. The summed E-state index contributed by atoms with van der Waals surface area (Å²) >= 11 is 0. The molecular weight excluding hydrogens is 274 g/mol. The molecule has 0 aromatic carbocycles. The van der Waals surface area contributed by atoms with Crippen LogP contribution >= 0.6 is 0 Å². The molecule has 2 heterocycles. The van der Waals surface area contributed by atoms with Crippen LogP contribution in [0.25, 0.3) is 0 Å². The molecule has 0 amide bonds. The van der Waals surface area contributed by atoms with Gasteiger partial charge in [0.1, 0.15) is 5.69 Å². The van der Waals surface area contributed by atoms with Crippen LogP contribution in [-0.4, -0.2) is 17.0 Å². The number of aromatic nitrogens is 2. The van der Waals surface area contributed by atoms with Gasteiger partial charge in [0.05, 0.1) is 11.7 Å². The van der Waals surface area contributed by atoms with E-state index in [1.54, 1.807) is 25.1 Å². The zero-order valence-corrected chi connectivity index (χ0v) is 10.7. The van der Waals surface area contributed by atoms with Crippen LogP contribution in [0.4, 0.5) is 23.2 Å². The summed E-state index contributed by atoms with van der Waals surface area (Å²) in [6.45, 7) is 1.61. The first-order chi connectivity index (χ1) is 9.43. The van der Waals surface area contributed by atoms with E-state index in [9.17, 15) is 17.6 Å². The lowest BCUT2D eigenvalue weighted by Crippen LogP contribution is -2.26. The van der Waals surface area contributed by atoms with E-state index in [1.165, 1.54) is 13.2 Å². The molecule has 7 heteroatoms. The van der Waals surface area contributed by atoms with Crippen molar-refractivity contribution in [2.45, 2.75) is 13.0 Å². The summed E-state index contributed by atoms with van der Waals surface area (Å²) in [4.78, 5) is 7.63. The van der Waals surface area contributed by atoms with Crippen molar-refractivity contribution in [3.63, 3.8) is 0 Å². The molecule has 0 bridgehead atoms. The second-order valence-corrected chi connectivity index (χ2v) is 4.21. The summed E-state index contributed by atoms with van der Waals surface area (Å²) in [5.74, 6) is -6.43. The molecular formula is C13H11F4N3. The molecule has 0 aliphatic carbocycles. The Morgan fingerprint density at radius 1 is 1.05 bits per heavy atom. The molecule has 0 fully saturated rings. The smallest absolute Gasteiger partial charge is 0.253 e. The van der Waals surface area contributed by atoms with Gasteiger partial charge in [-0.15, -0.1) is 0 Å². The molecule has 1 unspecified atom stereocenters. The van der Waals surface area contributed by atoms with E-state index in [-0.39, 0.29) is 0 Å². The molecule has 0 radical (unpaired) electrons. The van der Waals surface area contributed by atoms with E-state index in [2.05, 4.69) is 9.97 Å². The predicted octanol–water partition coefficient (Wildman–Crippen LogP) is 3.23. The van der Waals surface area contributed by atoms with Crippen molar-refractivity contribution >= 4 is 5.69 Å². The van der Waals surface area contributed by atoms with Gasteiger partial charge < -0.3 is 4.90 Å². The van der Waals surface area contributed by atoms with Crippen LogP contribution in [0.15, 0.2) is 24.4 Å². The number of anilines is 1. The lowest BCUT2D eigenvalue weighted by atomic mass is 10.1. The highest BCUT2D eigenvalue weighted by molar-refractivity contribution is 5.49. The first-order valence-corrected chi connectivity index (χ1v) is 5.77. The second-order valence-electron chi connectivity index (χ2n) is 4.21. The van der Waals surface area contributed by atoms with Gasteiger partial charge in [-0.3, -0.25) is 4.98 Å². The average molecular weight is 285 g/mol. The summed E-state index contributed by atoms with van der Waals surface area (Å²) in [5, 5.41) is 0. The number of nitrogens with zero attached hydrogens (tertiary/aromatic N) is 3. The van der Waals surface area contributed by atoms with E-state index >= 15 is 0 Å². The molecule has 20 heavy (non-hydrogen) atoms. The van der Waals surface area contributed by atoms with Crippen molar-refractivity contribution in [1.82, 2.24) is 9.97 Å². The Hall–Kier alpha value is -2.18. The van der Waals surface area contributed by atoms with Gasteiger partial charge in [-0.05, 0) is 19.1 Å². The van der Waals surface area contributed by atoms with Gasteiger partial charge in [-0.1, -0.05) is 6.07 Å². The summed E-state index contributed by atoms with van der Waals surface area (Å²) in [5.41, 5.74) is -0.306. The van der Waals surface area contributed by atoms with Gasteiger partial charge in [-0.25, -0.2) is 0 Å². The maximum atomic E-state index is 13.7. The number of hydrogen-bond acceptors (Lipinski definition) is 3. The van der Waals surface area contributed by atoms with Gasteiger partial charge in [0.2, 0.25) is 11.6 Å². The van der Waals surface area contributed by atoms with E-state index in [0.717, 1.165) is 4.90 Å². The monoisotopic (exact) mass is 285 g/mol. The molecule has 0 aliphatic heterocycles. The van der Waals surface area contributed by atoms with Crippen LogP contribution in [0, 0.1) is 23.5 Å². The van der Waals surface area contributed by atoms with E-state index in [0.29, 0.717) is 5.69 Å². The molecule has 0 saturated heterocycles. The summed E-state index contributed by atoms with van der Waals surface area (Å²) < 4.78 is 53.5. The zero-order valence-electron chi connectivity index (χ0n) is 10.7. The topological polar surface area (TPSA) is 29.0 Å². The molecule has 2 rings (SSSR count). The normalized spacial score (nSPS) is 12.3. The van der Waals surface area contributed by atoms with Crippen LogP contribution in [-0.2, 0) is 0 Å². The van der Waals surface area contributed by atoms with E-state index < -0.39 is 35.3 Å². The third-order valence-corrected chi connectivity index (χ3v) is 3.02. The van der Waals surface area contributed by atoms with Gasteiger partial charge in [0.25, 0.3) is 11.9 Å². The molecule has 2 aromatic rings. The van der Waals surface area contributed by atoms with Crippen molar-refractivity contribution < 1.29 is 17.6 Å². The minimum Gasteiger partial charge on any atom is -0.361 e. The number of pyridine rings is 2. The number of rotatable bonds is 3. The first-order valence-electron chi connectivity index (χ1n) is 5.77. The number of halogens is 4. The van der Waals surface area contributed by atoms with Gasteiger partial charge >= 0.3 is 0 Å². The Morgan fingerprint density at radius 2 is 1.65 bits per heavy atom. The van der Waals surface area contributed by atoms with Crippen LogP contribution in [0.1, 0.15) is 18.7 Å². The lowest BCUT2D eigenvalue weighted by molar-refractivity contribution is 0.404. The standard InChI is InChI=1S/C13H11F4N3/c1-7(8-5-3-4-6-18-8)20(2)11-9(14)12(16)19-13(17)10(11)15/h3-7H,1-2H3. The van der Waals surface area contributed by atoms with Crippen molar-refractivity contribution in [2.24, 2.45) is 0 Å². The molecule has 0 saturated carbocycles. The Balaban J connectivity index is 2.46. The molecule has 0 spiro atoms. The Labute approximate surface area is 112 Å². The average Bonchev–Trinajstić information content (AvgIpc) is 2.45. The molecule has 0 N–H and O–H groups in total. The fraction of sp³-hybridized carbons (Fsp3) is 0.231. The third-order valence-electron chi connectivity index (χ3n) is 3.02. The van der Waals surface area contributed by atoms with Crippen LogP contribution in [0.5, 0.6) is 0 Å². The highest BCUT2D eigenvalue weighted by Crippen LogP contribution is 2.30. The molecule has 2 aromatic heterocycles. The largest absolute Gasteiger partial charge is 0.361 e. The summed E-state index contributed by atoms with van der Waals surface area (Å²) in [7, 11) is 1.32. The van der Waals surface area contributed by atoms with Crippen molar-refractivity contribution in [3.05, 3.63) is 53.6 Å². The van der Waals surface area contributed by atoms with Crippen LogP contribution in [0.3, 0.4) is 0 Å². The van der Waals surface area contributed by atoms with Crippen LogP contribution < -0.4 is 4.90 Å². The minimum absolute atomic E-state index is 0.506. The molecule has 3 nitrogen and oxygen atoms in total. The second kappa shape index (κ2) is 5.44. The quantitative estimate of drug-likeness (QED) is 0.640. The van der Waals surface area contributed by atoms with Gasteiger partial charge in [0, 0.05) is 13.2 Å². The van der Waals surface area contributed by atoms with E-state index in [4.69, 9.17) is 0 Å². The molecule has 0 aliphatic rings. The lowest BCUT2D eigenvalue weighted by Gasteiger charge is -2.27. The summed E-state index contributed by atoms with van der Waals surface area (Å²) in [6.07, 6.45) is 1.51. The van der Waals surface area contributed by atoms with Gasteiger partial charge in [0.15, 0.2) is 0 Å². The first kappa shape index (κ1) is 14.2.